The average molecular weight is 418 g/mol. The Hall–Kier alpha value is -1.93. The number of carbonyl (C=O) groups excluding carboxylic acids is 1. The molecule has 2 heterocycles. The predicted molar refractivity (Wildman–Crippen MR) is 111 cm³/mol. The largest absolute Gasteiger partial charge is 0.298 e. The number of fused-ring (bicyclic) bond motifs is 1. The van der Waals surface area contributed by atoms with Crippen molar-refractivity contribution in [3.05, 3.63) is 69.6 Å². The smallest absolute Gasteiger partial charge is 0.258 e. The van der Waals surface area contributed by atoms with Gasteiger partial charge in [0.25, 0.3) is 5.91 Å². The molecule has 1 N–H and O–H groups in total. The number of hydrogen-bond acceptors (Lipinski definition) is 6. The van der Waals surface area contributed by atoms with Gasteiger partial charge in [0.1, 0.15) is 0 Å². The van der Waals surface area contributed by atoms with E-state index in [1.54, 1.807) is 29.2 Å². The van der Waals surface area contributed by atoms with Crippen molar-refractivity contribution in [1.82, 2.24) is 9.97 Å². The van der Waals surface area contributed by atoms with Gasteiger partial charge in [-0.1, -0.05) is 35.1 Å². The monoisotopic (exact) mass is 417 g/mol. The summed E-state index contributed by atoms with van der Waals surface area (Å²) in [7, 11) is 0. The number of benzene rings is 2. The van der Waals surface area contributed by atoms with Gasteiger partial charge in [-0.3, -0.25) is 10.1 Å². The van der Waals surface area contributed by atoms with Crippen LogP contribution in [0.15, 0.2) is 58.3 Å². The number of rotatable bonds is 5. The Morgan fingerprint density at radius 1 is 1.23 bits per heavy atom. The molecule has 8 heteroatoms. The molecular formula is C18H12ClN3OS3. The minimum absolute atomic E-state index is 0.170. The molecule has 0 atom stereocenters. The van der Waals surface area contributed by atoms with E-state index < -0.39 is 0 Å². The highest BCUT2D eigenvalue weighted by molar-refractivity contribution is 7.98. The van der Waals surface area contributed by atoms with E-state index in [-0.39, 0.29) is 5.91 Å². The number of thioether (sulfide) groups is 1. The lowest BCUT2D eigenvalue weighted by molar-refractivity contribution is 0.102. The van der Waals surface area contributed by atoms with E-state index in [4.69, 9.17) is 11.6 Å². The van der Waals surface area contributed by atoms with Crippen LogP contribution >= 0.6 is 46.0 Å². The summed E-state index contributed by atoms with van der Waals surface area (Å²) in [6.45, 7) is 0. The van der Waals surface area contributed by atoms with Crippen molar-refractivity contribution in [2.24, 2.45) is 0 Å². The first-order valence-electron chi connectivity index (χ1n) is 7.65. The number of carbonyl (C=O) groups is 1. The van der Waals surface area contributed by atoms with Gasteiger partial charge in [0, 0.05) is 21.1 Å². The minimum Gasteiger partial charge on any atom is -0.298 e. The summed E-state index contributed by atoms with van der Waals surface area (Å²) in [6, 6.07) is 13.1. The van der Waals surface area contributed by atoms with Crippen molar-refractivity contribution >= 4 is 67.3 Å². The summed E-state index contributed by atoms with van der Waals surface area (Å²) in [5.41, 5.74) is 4.28. The Morgan fingerprint density at radius 3 is 2.96 bits per heavy atom. The van der Waals surface area contributed by atoms with Gasteiger partial charge in [0.2, 0.25) is 0 Å². The zero-order chi connectivity index (χ0) is 17.9. The van der Waals surface area contributed by atoms with E-state index in [9.17, 15) is 4.79 Å². The van der Waals surface area contributed by atoms with Crippen molar-refractivity contribution < 1.29 is 4.79 Å². The van der Waals surface area contributed by atoms with E-state index in [0.717, 1.165) is 26.6 Å². The minimum atomic E-state index is -0.170. The van der Waals surface area contributed by atoms with E-state index in [1.165, 1.54) is 11.3 Å². The molecule has 0 radical (unpaired) electrons. The quantitative estimate of drug-likeness (QED) is 0.407. The maximum Gasteiger partial charge on any atom is 0.258 e. The van der Waals surface area contributed by atoms with Crippen LogP contribution in [0.25, 0.3) is 10.2 Å². The molecule has 26 heavy (non-hydrogen) atoms. The van der Waals surface area contributed by atoms with Crippen LogP contribution < -0.4 is 5.32 Å². The van der Waals surface area contributed by atoms with Gasteiger partial charge in [-0.05, 0) is 30.3 Å². The van der Waals surface area contributed by atoms with E-state index >= 15 is 0 Å². The van der Waals surface area contributed by atoms with E-state index in [1.807, 2.05) is 47.3 Å². The number of aromatic nitrogens is 2. The Balaban J connectivity index is 1.53. The number of anilines is 1. The molecule has 1 amide bonds. The molecule has 0 aliphatic rings. The van der Waals surface area contributed by atoms with Gasteiger partial charge in [-0.15, -0.1) is 23.1 Å². The second kappa shape index (κ2) is 7.75. The third-order valence-electron chi connectivity index (χ3n) is 3.56. The molecule has 0 aliphatic heterocycles. The predicted octanol–water partition coefficient (Wildman–Crippen LogP) is 5.95. The highest BCUT2D eigenvalue weighted by atomic mass is 35.5. The Morgan fingerprint density at radius 2 is 2.12 bits per heavy atom. The van der Waals surface area contributed by atoms with Gasteiger partial charge >= 0.3 is 0 Å². The molecular weight excluding hydrogens is 406 g/mol. The summed E-state index contributed by atoms with van der Waals surface area (Å²) >= 11 is 10.6. The third kappa shape index (κ3) is 3.91. The van der Waals surface area contributed by atoms with Gasteiger partial charge < -0.3 is 0 Å². The van der Waals surface area contributed by atoms with Gasteiger partial charge in [-0.25, -0.2) is 9.97 Å². The average Bonchev–Trinajstić information content (AvgIpc) is 3.29. The molecule has 130 valence electrons. The maximum atomic E-state index is 12.7. The molecule has 0 spiro atoms. The SMILES string of the molecule is O=C(Nc1nc2ccc(Cl)cc2s1)c1ccccc1SCc1cscn1. The Bertz CT molecular complexity index is 1060. The lowest BCUT2D eigenvalue weighted by atomic mass is 10.2. The van der Waals surface area contributed by atoms with Crippen LogP contribution in [0.3, 0.4) is 0 Å². The first-order chi connectivity index (χ1) is 12.7. The van der Waals surface area contributed by atoms with Gasteiger partial charge in [0.15, 0.2) is 5.13 Å². The number of halogens is 1. The first-order valence-corrected chi connectivity index (χ1v) is 10.8. The van der Waals surface area contributed by atoms with Crippen LogP contribution in [0.2, 0.25) is 5.02 Å². The molecule has 0 saturated carbocycles. The molecule has 0 saturated heterocycles. The fraction of sp³-hybridized carbons (Fsp3) is 0.0556. The van der Waals surface area contributed by atoms with Crippen LogP contribution in [0.4, 0.5) is 5.13 Å². The molecule has 4 aromatic rings. The van der Waals surface area contributed by atoms with Crippen LogP contribution in [-0.4, -0.2) is 15.9 Å². The van der Waals surface area contributed by atoms with E-state index in [0.29, 0.717) is 15.7 Å². The third-order valence-corrected chi connectivity index (χ3v) is 6.47. The summed E-state index contributed by atoms with van der Waals surface area (Å²) < 4.78 is 0.944. The summed E-state index contributed by atoms with van der Waals surface area (Å²) in [5, 5.41) is 6.13. The van der Waals surface area contributed by atoms with Crippen LogP contribution in [-0.2, 0) is 5.75 Å². The molecule has 4 rings (SSSR count). The topological polar surface area (TPSA) is 54.9 Å². The lowest BCUT2D eigenvalue weighted by Crippen LogP contribution is -2.12. The normalized spacial score (nSPS) is 11.0. The van der Waals surface area contributed by atoms with Gasteiger partial charge in [0.05, 0.1) is 27.0 Å². The molecule has 0 unspecified atom stereocenters. The number of nitrogens with one attached hydrogen (secondary N) is 1. The van der Waals surface area contributed by atoms with Crippen LogP contribution in [0, 0.1) is 0 Å². The fourth-order valence-corrected chi connectivity index (χ4v) is 5.11. The summed E-state index contributed by atoms with van der Waals surface area (Å²) in [4.78, 5) is 22.4. The second-order valence-electron chi connectivity index (χ2n) is 5.35. The summed E-state index contributed by atoms with van der Waals surface area (Å²) in [5.74, 6) is 0.560. The fourth-order valence-electron chi connectivity index (χ4n) is 2.36. The van der Waals surface area contributed by atoms with Crippen molar-refractivity contribution in [3.8, 4) is 0 Å². The van der Waals surface area contributed by atoms with E-state index in [2.05, 4.69) is 15.3 Å². The highest BCUT2D eigenvalue weighted by Crippen LogP contribution is 2.30. The van der Waals surface area contributed by atoms with Crippen LogP contribution in [0.5, 0.6) is 0 Å². The summed E-state index contributed by atoms with van der Waals surface area (Å²) in [6.07, 6.45) is 0. The Kier molecular flexibility index (Phi) is 5.21. The second-order valence-corrected chi connectivity index (χ2v) is 8.55. The number of nitrogens with zero attached hydrogens (tertiary/aromatic N) is 2. The number of amides is 1. The van der Waals surface area contributed by atoms with Crippen molar-refractivity contribution in [1.29, 1.82) is 0 Å². The Labute approximate surface area is 167 Å². The zero-order valence-electron chi connectivity index (χ0n) is 13.3. The molecule has 0 aliphatic carbocycles. The van der Waals surface area contributed by atoms with Gasteiger partial charge in [-0.2, -0.15) is 0 Å². The maximum absolute atomic E-state index is 12.7. The molecule has 4 nitrogen and oxygen atoms in total. The molecule has 2 aromatic heterocycles. The number of thiazole rings is 2. The zero-order valence-corrected chi connectivity index (χ0v) is 16.5. The van der Waals surface area contributed by atoms with Crippen molar-refractivity contribution in [2.45, 2.75) is 10.6 Å². The molecule has 0 fully saturated rings. The standard InChI is InChI=1S/C18H12ClN3OS3/c19-11-5-6-14-16(7-11)26-18(21-14)22-17(23)13-3-1-2-4-15(13)25-9-12-8-24-10-20-12/h1-8,10H,9H2,(H,21,22,23). The first kappa shape index (κ1) is 17.5. The van der Waals surface area contributed by atoms with Crippen molar-refractivity contribution in [3.63, 3.8) is 0 Å². The molecule has 0 bridgehead atoms. The van der Waals surface area contributed by atoms with Crippen LogP contribution in [0.1, 0.15) is 16.1 Å². The highest BCUT2D eigenvalue weighted by Gasteiger charge is 2.14. The van der Waals surface area contributed by atoms with Crippen molar-refractivity contribution in [2.75, 3.05) is 5.32 Å². The lowest BCUT2D eigenvalue weighted by Gasteiger charge is -2.07. The number of hydrogen-bond donors (Lipinski definition) is 1. The molecule has 2 aromatic carbocycles.